The van der Waals surface area contributed by atoms with Gasteiger partial charge in [-0.1, -0.05) is 18.2 Å². The second-order valence-corrected chi connectivity index (χ2v) is 5.01. The van der Waals surface area contributed by atoms with Gasteiger partial charge in [-0.15, -0.1) is 0 Å². The summed E-state index contributed by atoms with van der Waals surface area (Å²) in [7, 11) is 0. The predicted molar refractivity (Wildman–Crippen MR) is 84.6 cm³/mol. The van der Waals surface area contributed by atoms with Gasteiger partial charge < -0.3 is 19.5 Å². The molecule has 0 amide bonds. The van der Waals surface area contributed by atoms with Crippen molar-refractivity contribution in [2.75, 3.05) is 6.61 Å². The number of nitrogens with zero attached hydrogens (tertiary/aromatic N) is 2. The molecule has 0 aliphatic carbocycles. The van der Waals surface area contributed by atoms with E-state index in [2.05, 4.69) is 4.98 Å². The molecule has 1 heterocycles. The van der Waals surface area contributed by atoms with Crippen LogP contribution in [0, 0.1) is 0 Å². The van der Waals surface area contributed by atoms with Crippen LogP contribution in [-0.2, 0) is 13.2 Å². The van der Waals surface area contributed by atoms with E-state index < -0.39 is 5.97 Å². The van der Waals surface area contributed by atoms with Gasteiger partial charge >= 0.3 is 5.97 Å². The first-order chi connectivity index (χ1) is 11.2. The molecular formula is C17H16N2O4. The van der Waals surface area contributed by atoms with Crippen molar-refractivity contribution in [3.05, 3.63) is 59.9 Å². The molecule has 0 saturated carbocycles. The fourth-order valence-electron chi connectivity index (χ4n) is 2.44. The van der Waals surface area contributed by atoms with Crippen LogP contribution in [0.25, 0.3) is 11.0 Å². The normalized spacial score (nSPS) is 10.8. The van der Waals surface area contributed by atoms with Crippen molar-refractivity contribution in [1.29, 1.82) is 0 Å². The number of aliphatic hydroxyl groups is 1. The van der Waals surface area contributed by atoms with Gasteiger partial charge in [0, 0.05) is 6.54 Å². The number of hydrogen-bond acceptors (Lipinski definition) is 4. The minimum atomic E-state index is -0.995. The summed E-state index contributed by atoms with van der Waals surface area (Å²) in [5, 5.41) is 18.3. The predicted octanol–water partition coefficient (Wildman–Crippen LogP) is 2.31. The Bertz CT molecular complexity index is 827. The third kappa shape index (κ3) is 3.17. The van der Waals surface area contributed by atoms with Crippen LogP contribution in [0.2, 0.25) is 0 Å². The van der Waals surface area contributed by atoms with Crippen LogP contribution in [-0.4, -0.2) is 32.3 Å². The molecule has 0 radical (unpaired) electrons. The Morgan fingerprint density at radius 2 is 1.96 bits per heavy atom. The van der Waals surface area contributed by atoms with Crippen molar-refractivity contribution in [3.8, 4) is 5.75 Å². The lowest BCUT2D eigenvalue weighted by Gasteiger charge is -2.09. The third-order valence-electron chi connectivity index (χ3n) is 3.51. The Balaban J connectivity index is 1.94. The lowest BCUT2D eigenvalue weighted by atomic mass is 10.2. The zero-order chi connectivity index (χ0) is 16.2. The number of carboxylic acid groups (broad SMARTS) is 1. The Labute approximate surface area is 132 Å². The van der Waals surface area contributed by atoms with E-state index in [9.17, 15) is 9.90 Å². The molecule has 0 fully saturated rings. The van der Waals surface area contributed by atoms with E-state index in [0.29, 0.717) is 17.9 Å². The van der Waals surface area contributed by atoms with Crippen LogP contribution in [0.15, 0.2) is 48.5 Å². The fourth-order valence-corrected chi connectivity index (χ4v) is 2.44. The quantitative estimate of drug-likeness (QED) is 0.729. The highest BCUT2D eigenvalue weighted by Crippen LogP contribution is 2.20. The van der Waals surface area contributed by atoms with E-state index in [4.69, 9.17) is 9.84 Å². The maximum Gasteiger partial charge on any atom is 0.335 e. The number of imidazole rings is 1. The van der Waals surface area contributed by atoms with Gasteiger partial charge in [0.15, 0.2) is 0 Å². The van der Waals surface area contributed by atoms with Crippen molar-refractivity contribution in [2.24, 2.45) is 0 Å². The first-order valence-corrected chi connectivity index (χ1v) is 7.20. The highest BCUT2D eigenvalue weighted by molar-refractivity contribution is 5.92. The third-order valence-corrected chi connectivity index (χ3v) is 3.51. The molecule has 118 valence electrons. The monoisotopic (exact) mass is 312 g/mol. The topological polar surface area (TPSA) is 84.6 Å². The molecule has 3 rings (SSSR count). The molecule has 1 aromatic heterocycles. The Morgan fingerprint density at radius 1 is 1.17 bits per heavy atom. The molecule has 6 nitrogen and oxygen atoms in total. The fraction of sp³-hybridized carbons (Fsp3) is 0.176. The highest BCUT2D eigenvalue weighted by atomic mass is 16.5. The van der Waals surface area contributed by atoms with E-state index >= 15 is 0 Å². The van der Waals surface area contributed by atoms with Crippen LogP contribution in [0.1, 0.15) is 16.2 Å². The molecule has 0 aliphatic heterocycles. The summed E-state index contributed by atoms with van der Waals surface area (Å²) < 4.78 is 7.54. The first-order valence-electron chi connectivity index (χ1n) is 7.20. The van der Waals surface area contributed by atoms with E-state index in [1.807, 2.05) is 34.9 Å². The number of hydrogen-bond donors (Lipinski definition) is 2. The summed E-state index contributed by atoms with van der Waals surface area (Å²) in [6, 6.07) is 14.1. The number of carboxylic acids is 1. The van der Waals surface area contributed by atoms with Gasteiger partial charge in [0.2, 0.25) is 0 Å². The minimum Gasteiger partial charge on any atom is -0.486 e. The second-order valence-electron chi connectivity index (χ2n) is 5.01. The number of aromatic carboxylic acids is 1. The van der Waals surface area contributed by atoms with Crippen LogP contribution in [0.3, 0.4) is 0 Å². The number of aromatic nitrogens is 2. The molecule has 2 aromatic carbocycles. The van der Waals surface area contributed by atoms with Crippen LogP contribution < -0.4 is 4.74 Å². The SMILES string of the molecule is O=C(O)c1ccc2c(c1)nc(COc1ccccc1)n2CCO. The molecule has 2 N–H and O–H groups in total. The Morgan fingerprint density at radius 3 is 2.65 bits per heavy atom. The van der Waals surface area contributed by atoms with Crippen molar-refractivity contribution in [1.82, 2.24) is 9.55 Å². The van der Waals surface area contributed by atoms with Crippen molar-refractivity contribution in [2.45, 2.75) is 13.2 Å². The Hall–Kier alpha value is -2.86. The van der Waals surface area contributed by atoms with E-state index in [1.54, 1.807) is 6.07 Å². The van der Waals surface area contributed by atoms with Crippen LogP contribution in [0.4, 0.5) is 0 Å². The molecule has 6 heteroatoms. The van der Waals surface area contributed by atoms with Gasteiger partial charge in [0.05, 0.1) is 23.2 Å². The summed E-state index contributed by atoms with van der Waals surface area (Å²) in [6.45, 7) is 0.571. The second kappa shape index (κ2) is 6.50. The molecule has 23 heavy (non-hydrogen) atoms. The van der Waals surface area contributed by atoms with Gasteiger partial charge in [-0.25, -0.2) is 9.78 Å². The van der Waals surface area contributed by atoms with E-state index in [1.165, 1.54) is 12.1 Å². The lowest BCUT2D eigenvalue weighted by Crippen LogP contribution is -2.09. The first kappa shape index (κ1) is 15.1. The van der Waals surface area contributed by atoms with Crippen molar-refractivity contribution >= 4 is 17.0 Å². The zero-order valence-electron chi connectivity index (χ0n) is 12.3. The van der Waals surface area contributed by atoms with Crippen molar-refractivity contribution in [3.63, 3.8) is 0 Å². The lowest BCUT2D eigenvalue weighted by molar-refractivity contribution is 0.0697. The van der Waals surface area contributed by atoms with Gasteiger partial charge in [-0.2, -0.15) is 0 Å². The number of ether oxygens (including phenoxy) is 1. The molecule has 0 bridgehead atoms. The summed E-state index contributed by atoms with van der Waals surface area (Å²) in [5.74, 6) is 0.368. The number of aliphatic hydroxyl groups excluding tert-OH is 1. The summed E-state index contributed by atoms with van der Waals surface area (Å²) in [4.78, 5) is 15.5. The van der Waals surface area contributed by atoms with Crippen LogP contribution >= 0.6 is 0 Å². The molecule has 0 aliphatic rings. The maximum absolute atomic E-state index is 11.1. The van der Waals surface area contributed by atoms with Gasteiger partial charge in [-0.05, 0) is 30.3 Å². The molecule has 0 unspecified atom stereocenters. The van der Waals surface area contributed by atoms with Gasteiger partial charge in [-0.3, -0.25) is 0 Å². The standard InChI is InChI=1S/C17H16N2O4/c20-9-8-19-15-7-6-12(17(21)22)10-14(15)18-16(19)11-23-13-4-2-1-3-5-13/h1-7,10,20H,8-9,11H2,(H,21,22). The summed E-state index contributed by atoms with van der Waals surface area (Å²) >= 11 is 0. The largest absolute Gasteiger partial charge is 0.486 e. The minimum absolute atomic E-state index is 0.0372. The van der Waals surface area contributed by atoms with Crippen LogP contribution in [0.5, 0.6) is 5.75 Å². The van der Waals surface area contributed by atoms with E-state index in [-0.39, 0.29) is 18.8 Å². The number of para-hydroxylation sites is 1. The molecular weight excluding hydrogens is 296 g/mol. The number of fused-ring (bicyclic) bond motifs is 1. The summed E-state index contributed by atoms with van der Waals surface area (Å²) in [6.07, 6.45) is 0. The molecule has 3 aromatic rings. The van der Waals surface area contributed by atoms with E-state index in [0.717, 1.165) is 11.3 Å². The zero-order valence-corrected chi connectivity index (χ0v) is 12.3. The molecule has 0 spiro atoms. The van der Waals surface area contributed by atoms with Crippen molar-refractivity contribution < 1.29 is 19.7 Å². The van der Waals surface area contributed by atoms with Gasteiger partial charge in [0.1, 0.15) is 18.2 Å². The number of benzene rings is 2. The highest BCUT2D eigenvalue weighted by Gasteiger charge is 2.13. The smallest absolute Gasteiger partial charge is 0.335 e. The maximum atomic E-state index is 11.1. The molecule has 0 saturated heterocycles. The Kier molecular flexibility index (Phi) is 4.25. The average Bonchev–Trinajstić information content (AvgIpc) is 2.91. The molecule has 0 atom stereocenters. The summed E-state index contributed by atoms with van der Waals surface area (Å²) in [5.41, 5.74) is 1.53. The number of carbonyl (C=O) groups is 1. The average molecular weight is 312 g/mol. The van der Waals surface area contributed by atoms with Gasteiger partial charge in [0.25, 0.3) is 0 Å². The number of rotatable bonds is 6.